The first kappa shape index (κ1) is 31.9. The number of furan rings is 2. The van der Waals surface area contributed by atoms with Crippen LogP contribution < -0.4 is 0 Å². The Morgan fingerprint density at radius 1 is 0.357 bits per heavy atom. The minimum Gasteiger partial charge on any atom is -0.456 e. The van der Waals surface area contributed by atoms with Crippen LogP contribution in [0.25, 0.3) is 111 Å². The largest absolute Gasteiger partial charge is 0.456 e. The fourth-order valence-electron chi connectivity index (χ4n) is 7.93. The van der Waals surface area contributed by atoms with E-state index in [4.69, 9.17) is 18.8 Å². The topological polar surface area (TPSA) is 65.0 Å². The molecule has 7 aromatic carbocycles. The van der Waals surface area contributed by atoms with E-state index >= 15 is 0 Å². The summed E-state index contributed by atoms with van der Waals surface area (Å²) < 4.78 is 13.0. The summed E-state index contributed by atoms with van der Waals surface area (Å²) in [4.78, 5) is 14.7. The quantitative estimate of drug-likeness (QED) is 0.171. The summed E-state index contributed by atoms with van der Waals surface area (Å²) in [7, 11) is 0. The Kier molecular flexibility index (Phi) is 7.42. The Bertz CT molecular complexity index is 3240. The van der Waals surface area contributed by atoms with Crippen molar-refractivity contribution in [2.24, 2.45) is 0 Å². The molecule has 4 heterocycles. The second kappa shape index (κ2) is 13.0. The summed E-state index contributed by atoms with van der Waals surface area (Å²) in [6.07, 6.45) is 3.67. The van der Waals surface area contributed by atoms with Gasteiger partial charge in [-0.25, -0.2) is 9.97 Å². The Hall–Kier alpha value is -7.63. The first-order valence-corrected chi connectivity index (χ1v) is 18.7. The molecule has 262 valence electrons. The summed E-state index contributed by atoms with van der Waals surface area (Å²) in [6.45, 7) is 0. The van der Waals surface area contributed by atoms with Crippen LogP contribution in [0.3, 0.4) is 0 Å². The lowest BCUT2D eigenvalue weighted by Gasteiger charge is -2.13. The molecule has 0 radical (unpaired) electrons. The van der Waals surface area contributed by atoms with Gasteiger partial charge in [0.2, 0.25) is 0 Å². The highest BCUT2D eigenvalue weighted by Crippen LogP contribution is 2.43. The third-order valence-electron chi connectivity index (χ3n) is 10.6. The maximum Gasteiger partial charge on any atom is 0.161 e. The zero-order valence-corrected chi connectivity index (χ0v) is 30.1. The third kappa shape index (κ3) is 5.37. The molecule has 0 saturated heterocycles. The van der Waals surface area contributed by atoms with Crippen LogP contribution in [0.5, 0.6) is 0 Å². The van der Waals surface area contributed by atoms with Crippen molar-refractivity contribution in [3.8, 4) is 67.3 Å². The molecule has 11 aromatic rings. The number of hydrogen-bond acceptors (Lipinski definition) is 5. The molecule has 5 heteroatoms. The van der Waals surface area contributed by atoms with Gasteiger partial charge in [-0.3, -0.25) is 4.98 Å². The maximum absolute atomic E-state index is 6.68. The highest BCUT2D eigenvalue weighted by atomic mass is 16.3. The van der Waals surface area contributed by atoms with Crippen LogP contribution in [0.15, 0.2) is 197 Å². The van der Waals surface area contributed by atoms with Crippen molar-refractivity contribution >= 4 is 43.9 Å². The molecule has 0 fully saturated rings. The molecule has 4 aromatic heterocycles. The van der Waals surface area contributed by atoms with Crippen LogP contribution in [0, 0.1) is 0 Å². The van der Waals surface area contributed by atoms with E-state index in [-0.39, 0.29) is 0 Å². The van der Waals surface area contributed by atoms with Crippen LogP contribution in [-0.4, -0.2) is 15.0 Å². The van der Waals surface area contributed by atoms with E-state index in [0.29, 0.717) is 5.82 Å². The molecular formula is C51H31N3O2. The Labute approximate surface area is 322 Å². The molecule has 0 amide bonds. The standard InChI is InChI=1S/C51H31N3O2/c1-2-11-33(12-3-1)44-30-45(54-51(53-44)42-16-5-4-14-37(42)36-13-10-28-52-31-36)34-22-20-32(21-23-34)39-27-26-38(49-43-17-7-9-19-47(43)56-50(39)49)35-24-25-41-40-15-6-8-18-46(40)55-48(41)29-35/h1-31H. The zero-order valence-electron chi connectivity index (χ0n) is 30.1. The van der Waals surface area contributed by atoms with Crippen molar-refractivity contribution in [1.82, 2.24) is 15.0 Å². The summed E-state index contributed by atoms with van der Waals surface area (Å²) in [6, 6.07) is 60.5. The van der Waals surface area contributed by atoms with E-state index in [0.717, 1.165) is 105 Å². The minimum atomic E-state index is 0.658. The number of nitrogens with zero attached hydrogens (tertiary/aromatic N) is 3. The molecule has 0 aliphatic rings. The molecule has 0 saturated carbocycles. The Morgan fingerprint density at radius 3 is 1.75 bits per heavy atom. The van der Waals surface area contributed by atoms with Gasteiger partial charge < -0.3 is 8.83 Å². The number of fused-ring (bicyclic) bond motifs is 6. The average molecular weight is 718 g/mol. The van der Waals surface area contributed by atoms with Crippen molar-refractivity contribution in [1.29, 1.82) is 0 Å². The molecular weight excluding hydrogens is 687 g/mol. The van der Waals surface area contributed by atoms with Gasteiger partial charge in [-0.2, -0.15) is 0 Å². The lowest BCUT2D eigenvalue weighted by Crippen LogP contribution is -1.97. The molecule has 11 rings (SSSR count). The van der Waals surface area contributed by atoms with Gasteiger partial charge in [0.15, 0.2) is 5.82 Å². The predicted molar refractivity (Wildman–Crippen MR) is 227 cm³/mol. The smallest absolute Gasteiger partial charge is 0.161 e. The maximum atomic E-state index is 6.68. The zero-order chi connectivity index (χ0) is 37.0. The minimum absolute atomic E-state index is 0.658. The van der Waals surface area contributed by atoms with Gasteiger partial charge in [-0.05, 0) is 64.7 Å². The van der Waals surface area contributed by atoms with Gasteiger partial charge in [0.05, 0.1) is 11.4 Å². The van der Waals surface area contributed by atoms with E-state index < -0.39 is 0 Å². The van der Waals surface area contributed by atoms with Crippen LogP contribution >= 0.6 is 0 Å². The lowest BCUT2D eigenvalue weighted by atomic mass is 9.93. The number of hydrogen-bond donors (Lipinski definition) is 0. The van der Waals surface area contributed by atoms with Crippen molar-refractivity contribution in [2.45, 2.75) is 0 Å². The normalized spacial score (nSPS) is 11.6. The van der Waals surface area contributed by atoms with E-state index in [1.807, 2.05) is 66.9 Å². The van der Waals surface area contributed by atoms with Crippen molar-refractivity contribution in [3.63, 3.8) is 0 Å². The fourth-order valence-corrected chi connectivity index (χ4v) is 7.93. The molecule has 5 nitrogen and oxygen atoms in total. The van der Waals surface area contributed by atoms with Gasteiger partial charge in [0.1, 0.15) is 22.3 Å². The van der Waals surface area contributed by atoms with Crippen LogP contribution in [0.4, 0.5) is 0 Å². The number of rotatable bonds is 6. The molecule has 0 unspecified atom stereocenters. The van der Waals surface area contributed by atoms with Crippen LogP contribution in [0.1, 0.15) is 0 Å². The van der Waals surface area contributed by atoms with E-state index in [1.165, 1.54) is 0 Å². The molecule has 0 spiro atoms. The van der Waals surface area contributed by atoms with Crippen LogP contribution in [-0.2, 0) is 0 Å². The average Bonchev–Trinajstić information content (AvgIpc) is 3.85. The fraction of sp³-hybridized carbons (Fsp3) is 0. The molecule has 0 N–H and O–H groups in total. The van der Waals surface area contributed by atoms with Crippen molar-refractivity contribution in [3.05, 3.63) is 188 Å². The highest BCUT2D eigenvalue weighted by molar-refractivity contribution is 6.17. The Balaban J connectivity index is 1.03. The van der Waals surface area contributed by atoms with Gasteiger partial charge in [0.25, 0.3) is 0 Å². The molecule has 0 aliphatic heterocycles. The van der Waals surface area contributed by atoms with Crippen LogP contribution in [0.2, 0.25) is 0 Å². The van der Waals surface area contributed by atoms with Gasteiger partial charge in [-0.1, -0.05) is 133 Å². The summed E-state index contributed by atoms with van der Waals surface area (Å²) >= 11 is 0. The first-order valence-electron chi connectivity index (χ1n) is 18.7. The lowest BCUT2D eigenvalue weighted by molar-refractivity contribution is 0.668. The molecule has 0 aliphatic carbocycles. The third-order valence-corrected chi connectivity index (χ3v) is 10.6. The number of para-hydroxylation sites is 2. The SMILES string of the molecule is c1ccc(-c2cc(-c3ccc(-c4ccc(-c5ccc6c(c5)oc5ccccc56)c5c4oc4ccccc45)cc3)nc(-c3ccccc3-c3cccnc3)n2)cc1. The number of benzene rings is 7. The summed E-state index contributed by atoms with van der Waals surface area (Å²) in [5.74, 6) is 0.658. The van der Waals surface area contributed by atoms with Crippen molar-refractivity contribution in [2.75, 3.05) is 0 Å². The first-order chi connectivity index (χ1) is 27.7. The van der Waals surface area contributed by atoms with E-state index in [9.17, 15) is 0 Å². The second-order valence-corrected chi connectivity index (χ2v) is 14.0. The molecule has 0 bridgehead atoms. The summed E-state index contributed by atoms with van der Waals surface area (Å²) in [5.41, 5.74) is 14.4. The number of pyridine rings is 1. The van der Waals surface area contributed by atoms with Gasteiger partial charge in [0, 0.05) is 61.8 Å². The van der Waals surface area contributed by atoms with Gasteiger partial charge in [-0.15, -0.1) is 0 Å². The van der Waals surface area contributed by atoms with Crippen molar-refractivity contribution < 1.29 is 8.83 Å². The molecule has 0 atom stereocenters. The van der Waals surface area contributed by atoms with E-state index in [2.05, 4.69) is 120 Å². The van der Waals surface area contributed by atoms with Gasteiger partial charge >= 0.3 is 0 Å². The van der Waals surface area contributed by atoms with E-state index in [1.54, 1.807) is 6.20 Å². The molecule has 56 heavy (non-hydrogen) atoms. The predicted octanol–water partition coefficient (Wildman–Crippen LogP) is 13.7. The monoisotopic (exact) mass is 717 g/mol. The highest BCUT2D eigenvalue weighted by Gasteiger charge is 2.19. The Morgan fingerprint density at radius 2 is 0.964 bits per heavy atom. The second-order valence-electron chi connectivity index (χ2n) is 14.0. The number of aromatic nitrogens is 3. The summed E-state index contributed by atoms with van der Waals surface area (Å²) in [5, 5.41) is 4.39.